The van der Waals surface area contributed by atoms with Crippen molar-refractivity contribution in [2.75, 3.05) is 5.32 Å². The zero-order valence-corrected chi connectivity index (χ0v) is 15.0. The molecule has 0 radical (unpaired) electrons. The van der Waals surface area contributed by atoms with Gasteiger partial charge in [0.15, 0.2) is 5.17 Å². The highest BCUT2D eigenvalue weighted by Crippen LogP contribution is 2.27. The molecule has 1 atom stereocenters. The molecule has 0 spiro atoms. The topological polar surface area (TPSA) is 70.6 Å². The largest absolute Gasteiger partial charge is 0.326 e. The van der Waals surface area contributed by atoms with Gasteiger partial charge in [-0.05, 0) is 37.1 Å². The van der Waals surface area contributed by atoms with Crippen LogP contribution < -0.4 is 10.6 Å². The van der Waals surface area contributed by atoms with Gasteiger partial charge in [0.2, 0.25) is 11.8 Å². The van der Waals surface area contributed by atoms with E-state index in [1.165, 1.54) is 24.6 Å². The summed E-state index contributed by atoms with van der Waals surface area (Å²) >= 11 is 4.72. The summed E-state index contributed by atoms with van der Waals surface area (Å²) in [5.41, 5.74) is 0.724. The summed E-state index contributed by atoms with van der Waals surface area (Å²) in [6.45, 7) is 0. The monoisotopic (exact) mass is 395 g/mol. The fourth-order valence-electron chi connectivity index (χ4n) is 2.71. The number of aliphatic imine (C=N–C) groups is 1. The zero-order chi connectivity index (χ0) is 16.2. The van der Waals surface area contributed by atoms with Crippen molar-refractivity contribution in [3.8, 4) is 0 Å². The number of nitrogens with one attached hydrogen (secondary N) is 2. The highest BCUT2D eigenvalue weighted by Gasteiger charge is 2.32. The number of rotatable bonds is 4. The fourth-order valence-corrected chi connectivity index (χ4v) is 4.02. The lowest BCUT2D eigenvalue weighted by atomic mass is 10.2. The summed E-state index contributed by atoms with van der Waals surface area (Å²) in [6, 6.07) is 7.68. The fraction of sp³-hybridized carbons (Fsp3) is 0.438. The third-order valence-electron chi connectivity index (χ3n) is 3.90. The maximum Gasteiger partial charge on any atom is 0.240 e. The molecule has 5 nitrogen and oxygen atoms in total. The van der Waals surface area contributed by atoms with Crippen LogP contribution in [0, 0.1) is 0 Å². The Kier molecular flexibility index (Phi) is 5.38. The number of benzene rings is 1. The van der Waals surface area contributed by atoms with E-state index in [1.807, 2.05) is 24.3 Å². The van der Waals surface area contributed by atoms with E-state index < -0.39 is 5.25 Å². The quantitative estimate of drug-likeness (QED) is 0.821. The van der Waals surface area contributed by atoms with Crippen LogP contribution in [-0.2, 0) is 9.59 Å². The van der Waals surface area contributed by atoms with Gasteiger partial charge in [0.1, 0.15) is 5.25 Å². The Morgan fingerprint density at radius 1 is 1.30 bits per heavy atom. The molecule has 1 aliphatic heterocycles. The first kappa shape index (κ1) is 16.5. The molecule has 1 saturated carbocycles. The van der Waals surface area contributed by atoms with Crippen LogP contribution in [-0.4, -0.2) is 28.3 Å². The van der Waals surface area contributed by atoms with E-state index in [4.69, 9.17) is 0 Å². The number of amidine groups is 1. The molecule has 0 aromatic heterocycles. The molecule has 3 rings (SSSR count). The summed E-state index contributed by atoms with van der Waals surface area (Å²) in [6.07, 6.45) is 4.75. The summed E-state index contributed by atoms with van der Waals surface area (Å²) < 4.78 is 0.953. The minimum absolute atomic E-state index is 0.127. The van der Waals surface area contributed by atoms with Crippen LogP contribution in [0.4, 0.5) is 5.69 Å². The molecule has 0 bridgehead atoms. The van der Waals surface area contributed by atoms with Crippen molar-refractivity contribution in [1.29, 1.82) is 0 Å². The maximum absolute atomic E-state index is 12.1. The Labute approximate surface area is 147 Å². The number of carbonyl (C=O) groups is 2. The molecule has 23 heavy (non-hydrogen) atoms. The second kappa shape index (κ2) is 7.49. The molecule has 2 amide bonds. The molecule has 122 valence electrons. The molecule has 1 aliphatic carbocycles. The molecule has 1 aromatic carbocycles. The van der Waals surface area contributed by atoms with Gasteiger partial charge >= 0.3 is 0 Å². The minimum Gasteiger partial charge on any atom is -0.326 e. The van der Waals surface area contributed by atoms with E-state index >= 15 is 0 Å². The molecule has 1 aromatic rings. The van der Waals surface area contributed by atoms with Crippen LogP contribution in [0.15, 0.2) is 33.7 Å². The Hall–Kier alpha value is -1.34. The standard InChI is InChI=1S/C16H18BrN3O2S/c17-10-5-7-12(8-6-10)18-14(21)9-13-15(22)20-16(23-13)19-11-3-1-2-4-11/h5-8,11,13H,1-4,9H2,(H,18,21)(H,19,20,22). The number of thioether (sulfide) groups is 1. The summed E-state index contributed by atoms with van der Waals surface area (Å²) in [5, 5.41) is 5.88. The van der Waals surface area contributed by atoms with Gasteiger partial charge in [0.05, 0.1) is 6.04 Å². The van der Waals surface area contributed by atoms with Crippen LogP contribution in [0.1, 0.15) is 32.1 Å². The molecule has 2 N–H and O–H groups in total. The first-order valence-corrected chi connectivity index (χ1v) is 9.38. The van der Waals surface area contributed by atoms with Gasteiger partial charge in [-0.3, -0.25) is 14.6 Å². The molecule has 2 fully saturated rings. The average molecular weight is 396 g/mol. The number of hydrogen-bond acceptors (Lipinski definition) is 4. The van der Waals surface area contributed by atoms with Crippen molar-refractivity contribution < 1.29 is 9.59 Å². The zero-order valence-electron chi connectivity index (χ0n) is 12.5. The first-order chi connectivity index (χ1) is 11.1. The van der Waals surface area contributed by atoms with E-state index in [0.717, 1.165) is 23.0 Å². The van der Waals surface area contributed by atoms with Crippen molar-refractivity contribution >= 4 is 50.4 Å². The lowest BCUT2D eigenvalue weighted by molar-refractivity contribution is -0.122. The molecular weight excluding hydrogens is 378 g/mol. The van der Waals surface area contributed by atoms with Gasteiger partial charge in [-0.1, -0.05) is 40.5 Å². The van der Waals surface area contributed by atoms with Crippen molar-refractivity contribution in [2.24, 2.45) is 4.99 Å². The number of hydrogen-bond donors (Lipinski definition) is 2. The molecule has 1 unspecified atom stereocenters. The van der Waals surface area contributed by atoms with E-state index in [-0.39, 0.29) is 18.2 Å². The lowest BCUT2D eigenvalue weighted by Gasteiger charge is -2.07. The van der Waals surface area contributed by atoms with E-state index in [9.17, 15) is 9.59 Å². The van der Waals surface area contributed by atoms with Crippen LogP contribution in [0.3, 0.4) is 0 Å². The number of amides is 2. The first-order valence-electron chi connectivity index (χ1n) is 7.71. The molecule has 1 saturated heterocycles. The van der Waals surface area contributed by atoms with Crippen molar-refractivity contribution in [2.45, 2.75) is 43.4 Å². The SMILES string of the molecule is O=C(CC1SC(=NC2CCCC2)NC1=O)Nc1ccc(Br)cc1. The summed E-state index contributed by atoms with van der Waals surface area (Å²) in [7, 11) is 0. The number of halogens is 1. The average Bonchev–Trinajstić information content (AvgIpc) is 3.12. The normalized spacial score (nSPS) is 23.3. The second-order valence-corrected chi connectivity index (χ2v) is 7.83. The van der Waals surface area contributed by atoms with Gasteiger partial charge in [0, 0.05) is 16.6 Å². The molecule has 2 aliphatic rings. The van der Waals surface area contributed by atoms with Crippen LogP contribution in [0.5, 0.6) is 0 Å². The minimum atomic E-state index is -0.398. The van der Waals surface area contributed by atoms with E-state index in [0.29, 0.717) is 11.2 Å². The predicted molar refractivity (Wildman–Crippen MR) is 96.6 cm³/mol. The van der Waals surface area contributed by atoms with Crippen molar-refractivity contribution in [1.82, 2.24) is 5.32 Å². The predicted octanol–water partition coefficient (Wildman–Crippen LogP) is 3.31. The number of anilines is 1. The molecule has 7 heteroatoms. The third-order valence-corrected chi connectivity index (χ3v) is 5.52. The summed E-state index contributed by atoms with van der Waals surface area (Å²) in [4.78, 5) is 28.7. The lowest BCUT2D eigenvalue weighted by Crippen LogP contribution is -2.28. The van der Waals surface area contributed by atoms with Gasteiger partial charge in [-0.15, -0.1) is 0 Å². The van der Waals surface area contributed by atoms with Crippen LogP contribution in [0.25, 0.3) is 0 Å². The number of nitrogens with zero attached hydrogens (tertiary/aromatic N) is 1. The van der Waals surface area contributed by atoms with Crippen molar-refractivity contribution in [3.63, 3.8) is 0 Å². The molecule has 1 heterocycles. The third kappa shape index (κ3) is 4.57. The smallest absolute Gasteiger partial charge is 0.240 e. The van der Waals surface area contributed by atoms with Gasteiger partial charge in [0.25, 0.3) is 0 Å². The van der Waals surface area contributed by atoms with Crippen molar-refractivity contribution in [3.05, 3.63) is 28.7 Å². The van der Waals surface area contributed by atoms with Gasteiger partial charge in [-0.25, -0.2) is 0 Å². The Morgan fingerprint density at radius 2 is 2.00 bits per heavy atom. The number of carbonyl (C=O) groups excluding carboxylic acids is 2. The van der Waals surface area contributed by atoms with Gasteiger partial charge < -0.3 is 10.6 Å². The van der Waals surface area contributed by atoms with Crippen LogP contribution >= 0.6 is 27.7 Å². The molecular formula is C16H18BrN3O2S. The van der Waals surface area contributed by atoms with E-state index in [1.54, 1.807) is 0 Å². The maximum atomic E-state index is 12.1. The highest BCUT2D eigenvalue weighted by molar-refractivity contribution is 9.10. The Bertz CT molecular complexity index is 627. The van der Waals surface area contributed by atoms with Crippen LogP contribution in [0.2, 0.25) is 0 Å². The Balaban J connectivity index is 1.54. The van der Waals surface area contributed by atoms with Gasteiger partial charge in [-0.2, -0.15) is 0 Å². The second-order valence-electron chi connectivity index (χ2n) is 5.73. The Morgan fingerprint density at radius 3 is 2.70 bits per heavy atom. The summed E-state index contributed by atoms with van der Waals surface area (Å²) in [5.74, 6) is -0.292. The van der Waals surface area contributed by atoms with E-state index in [2.05, 4.69) is 31.6 Å². The highest BCUT2D eigenvalue weighted by atomic mass is 79.9.